The van der Waals surface area contributed by atoms with Crippen LogP contribution in [0.5, 0.6) is 5.75 Å². The second-order valence-electron chi connectivity index (χ2n) is 4.78. The van der Waals surface area contributed by atoms with E-state index in [1.54, 1.807) is 12.1 Å². The fourth-order valence-electron chi connectivity index (χ4n) is 1.15. The minimum atomic E-state index is -0.371. The van der Waals surface area contributed by atoms with Crippen LogP contribution >= 0.6 is 11.6 Å². The molecule has 0 bridgehead atoms. The Kier molecular flexibility index (Phi) is 4.82. The van der Waals surface area contributed by atoms with E-state index in [4.69, 9.17) is 16.3 Å². The molecule has 0 fully saturated rings. The second-order valence-corrected chi connectivity index (χ2v) is 5.19. The van der Waals surface area contributed by atoms with Crippen molar-refractivity contribution in [2.24, 2.45) is 5.41 Å². The third kappa shape index (κ3) is 4.65. The summed E-state index contributed by atoms with van der Waals surface area (Å²) in [6, 6.07) is 7.27. The summed E-state index contributed by atoms with van der Waals surface area (Å²) in [5.74, 6) is 0.652. The minimum absolute atomic E-state index is 0.0141. The van der Waals surface area contributed by atoms with E-state index in [1.165, 1.54) is 0 Å². The molecule has 0 aliphatic heterocycles. The van der Waals surface area contributed by atoms with E-state index in [-0.39, 0.29) is 11.3 Å². The van der Waals surface area contributed by atoms with Crippen LogP contribution in [0.15, 0.2) is 24.3 Å². The minimum Gasteiger partial charge on any atom is -0.490 e. The highest BCUT2D eigenvalue weighted by Gasteiger charge is 2.20. The van der Waals surface area contributed by atoms with E-state index in [0.29, 0.717) is 23.9 Å². The molecular formula is C13H18ClNO2. The largest absolute Gasteiger partial charge is 0.490 e. The van der Waals surface area contributed by atoms with Crippen LogP contribution in [0.3, 0.4) is 0 Å². The summed E-state index contributed by atoms with van der Waals surface area (Å²) in [6.07, 6.45) is 0. The molecule has 0 saturated carbocycles. The number of benzene rings is 1. The van der Waals surface area contributed by atoms with Gasteiger partial charge in [-0.15, -0.1) is 0 Å². The van der Waals surface area contributed by atoms with E-state index in [9.17, 15) is 4.79 Å². The Morgan fingerprint density at radius 2 is 2.00 bits per heavy atom. The molecule has 3 nitrogen and oxygen atoms in total. The Hall–Kier alpha value is -1.22. The normalized spacial score (nSPS) is 11.1. The second kappa shape index (κ2) is 5.92. The van der Waals surface area contributed by atoms with Gasteiger partial charge in [0.1, 0.15) is 12.4 Å². The van der Waals surface area contributed by atoms with Crippen molar-refractivity contribution in [1.29, 1.82) is 0 Å². The summed E-state index contributed by atoms with van der Waals surface area (Å²) < 4.78 is 5.45. The van der Waals surface area contributed by atoms with Crippen LogP contribution in [0.4, 0.5) is 0 Å². The molecule has 1 amide bonds. The highest BCUT2D eigenvalue weighted by Crippen LogP contribution is 2.22. The Morgan fingerprint density at radius 3 is 2.59 bits per heavy atom. The van der Waals surface area contributed by atoms with Gasteiger partial charge in [-0.3, -0.25) is 4.79 Å². The van der Waals surface area contributed by atoms with Gasteiger partial charge in [0.05, 0.1) is 11.6 Å². The van der Waals surface area contributed by atoms with Gasteiger partial charge < -0.3 is 10.1 Å². The molecule has 1 aromatic rings. The maximum atomic E-state index is 11.6. The Bertz CT molecular complexity index is 385. The number of carbonyl (C=O) groups is 1. The van der Waals surface area contributed by atoms with Crippen LogP contribution in [0.2, 0.25) is 5.02 Å². The van der Waals surface area contributed by atoms with Crippen LogP contribution in [-0.2, 0) is 4.79 Å². The highest BCUT2D eigenvalue weighted by molar-refractivity contribution is 6.32. The predicted molar refractivity (Wildman–Crippen MR) is 69.4 cm³/mol. The number of amides is 1. The summed E-state index contributed by atoms with van der Waals surface area (Å²) in [7, 11) is 0. The van der Waals surface area contributed by atoms with Gasteiger partial charge in [0.2, 0.25) is 5.91 Å². The summed E-state index contributed by atoms with van der Waals surface area (Å²) in [5.41, 5.74) is -0.371. The van der Waals surface area contributed by atoms with Crippen molar-refractivity contribution in [3.05, 3.63) is 29.3 Å². The van der Waals surface area contributed by atoms with Crippen molar-refractivity contribution >= 4 is 17.5 Å². The number of nitrogens with one attached hydrogen (secondary N) is 1. The fourth-order valence-corrected chi connectivity index (χ4v) is 1.34. The van der Waals surface area contributed by atoms with Gasteiger partial charge in [-0.1, -0.05) is 44.5 Å². The van der Waals surface area contributed by atoms with Crippen molar-refractivity contribution < 1.29 is 9.53 Å². The van der Waals surface area contributed by atoms with Crippen LogP contribution in [0, 0.1) is 5.41 Å². The van der Waals surface area contributed by atoms with Crippen molar-refractivity contribution in [1.82, 2.24) is 5.32 Å². The quantitative estimate of drug-likeness (QED) is 0.841. The van der Waals surface area contributed by atoms with Crippen molar-refractivity contribution in [3.8, 4) is 5.75 Å². The van der Waals surface area contributed by atoms with Gasteiger partial charge in [0.25, 0.3) is 0 Å². The molecule has 17 heavy (non-hydrogen) atoms. The van der Waals surface area contributed by atoms with E-state index < -0.39 is 0 Å². The summed E-state index contributed by atoms with van der Waals surface area (Å²) in [5, 5.41) is 3.38. The van der Waals surface area contributed by atoms with Gasteiger partial charge in [-0.05, 0) is 12.1 Å². The zero-order chi connectivity index (χ0) is 12.9. The molecular weight excluding hydrogens is 238 g/mol. The molecule has 0 radical (unpaired) electrons. The Balaban J connectivity index is 2.30. The average molecular weight is 256 g/mol. The average Bonchev–Trinajstić information content (AvgIpc) is 2.25. The van der Waals surface area contributed by atoms with Gasteiger partial charge in [0.15, 0.2) is 0 Å². The third-order valence-corrected chi connectivity index (χ3v) is 2.48. The van der Waals surface area contributed by atoms with E-state index in [2.05, 4.69) is 5.32 Å². The zero-order valence-electron chi connectivity index (χ0n) is 10.4. The number of carbonyl (C=O) groups excluding carboxylic acids is 1. The first-order valence-electron chi connectivity index (χ1n) is 5.57. The lowest BCUT2D eigenvalue weighted by molar-refractivity contribution is -0.128. The molecule has 0 atom stereocenters. The number of halogens is 1. The van der Waals surface area contributed by atoms with Crippen LogP contribution < -0.4 is 10.1 Å². The van der Waals surface area contributed by atoms with Crippen LogP contribution in [-0.4, -0.2) is 19.1 Å². The van der Waals surface area contributed by atoms with Gasteiger partial charge in [-0.2, -0.15) is 0 Å². The van der Waals surface area contributed by atoms with Gasteiger partial charge in [0, 0.05) is 5.41 Å². The third-order valence-electron chi connectivity index (χ3n) is 2.16. The molecule has 0 unspecified atom stereocenters. The van der Waals surface area contributed by atoms with Gasteiger partial charge >= 0.3 is 0 Å². The molecule has 0 aliphatic carbocycles. The Labute approximate surface area is 107 Å². The van der Waals surface area contributed by atoms with E-state index >= 15 is 0 Å². The monoisotopic (exact) mass is 255 g/mol. The Morgan fingerprint density at radius 1 is 1.35 bits per heavy atom. The number of rotatable bonds is 4. The number of hydrogen-bond acceptors (Lipinski definition) is 2. The fraction of sp³-hybridized carbons (Fsp3) is 0.462. The molecule has 0 aromatic heterocycles. The SMILES string of the molecule is CC(C)(C)C(=O)NCCOc1ccccc1Cl. The first-order chi connectivity index (χ1) is 7.91. The maximum absolute atomic E-state index is 11.6. The lowest BCUT2D eigenvalue weighted by atomic mass is 9.96. The van der Waals surface area contributed by atoms with Gasteiger partial charge in [-0.25, -0.2) is 0 Å². The maximum Gasteiger partial charge on any atom is 0.225 e. The smallest absolute Gasteiger partial charge is 0.225 e. The zero-order valence-corrected chi connectivity index (χ0v) is 11.2. The molecule has 1 aromatic carbocycles. The molecule has 0 saturated heterocycles. The topological polar surface area (TPSA) is 38.3 Å². The molecule has 1 N–H and O–H groups in total. The predicted octanol–water partition coefficient (Wildman–Crippen LogP) is 2.88. The first-order valence-corrected chi connectivity index (χ1v) is 5.94. The van der Waals surface area contributed by atoms with Crippen molar-refractivity contribution in [3.63, 3.8) is 0 Å². The van der Waals surface area contributed by atoms with Crippen molar-refractivity contribution in [2.45, 2.75) is 20.8 Å². The lowest BCUT2D eigenvalue weighted by Crippen LogP contribution is -2.37. The van der Waals surface area contributed by atoms with Crippen LogP contribution in [0.1, 0.15) is 20.8 Å². The highest BCUT2D eigenvalue weighted by atomic mass is 35.5. The standard InChI is InChI=1S/C13H18ClNO2/c1-13(2,3)12(16)15-8-9-17-11-7-5-4-6-10(11)14/h4-7H,8-9H2,1-3H3,(H,15,16). The van der Waals surface area contributed by atoms with Crippen molar-refractivity contribution in [2.75, 3.05) is 13.2 Å². The summed E-state index contributed by atoms with van der Waals surface area (Å²) >= 11 is 5.93. The molecule has 1 rings (SSSR count). The van der Waals surface area contributed by atoms with E-state index in [0.717, 1.165) is 0 Å². The molecule has 0 spiro atoms. The number of hydrogen-bond donors (Lipinski definition) is 1. The number of para-hydroxylation sites is 1. The molecule has 94 valence electrons. The van der Waals surface area contributed by atoms with E-state index in [1.807, 2.05) is 32.9 Å². The molecule has 0 aliphatic rings. The first kappa shape index (κ1) is 13.8. The molecule has 0 heterocycles. The summed E-state index contributed by atoms with van der Waals surface area (Å²) in [6.45, 7) is 6.50. The van der Waals surface area contributed by atoms with Crippen LogP contribution in [0.25, 0.3) is 0 Å². The molecule has 4 heteroatoms. The summed E-state index contributed by atoms with van der Waals surface area (Å²) in [4.78, 5) is 11.6. The lowest BCUT2D eigenvalue weighted by Gasteiger charge is -2.17. The number of ether oxygens (including phenoxy) is 1.